The molecule has 2 aromatic rings. The monoisotopic (exact) mass is 314 g/mol. The van der Waals surface area contributed by atoms with E-state index in [-0.39, 0.29) is 10.8 Å². The second-order valence-corrected chi connectivity index (χ2v) is 8.15. The number of alkyl halides is 3. The fraction of sp³-hybridized carbons (Fsp3) is 0.286. The van der Waals surface area contributed by atoms with Crippen molar-refractivity contribution in [1.82, 2.24) is 19.6 Å². The molecule has 0 amide bonds. The van der Waals surface area contributed by atoms with Gasteiger partial charge in [0.15, 0.2) is 5.03 Å². The maximum absolute atomic E-state index is 12.0. The number of halogens is 3. The molecule has 0 aliphatic heterocycles. The number of aromatic nitrogens is 4. The van der Waals surface area contributed by atoms with Gasteiger partial charge in [-0.1, -0.05) is 34.8 Å². The Labute approximate surface area is 111 Å². The molecule has 0 aromatic carbocycles. The zero-order chi connectivity index (χ0) is 12.8. The lowest BCUT2D eigenvalue weighted by Gasteiger charge is -2.13. The third kappa shape index (κ3) is 2.08. The van der Waals surface area contributed by atoms with E-state index in [9.17, 15) is 8.42 Å². The van der Waals surface area contributed by atoms with Crippen LogP contribution < -0.4 is 0 Å². The summed E-state index contributed by atoms with van der Waals surface area (Å²) >= 11 is 16.3. The van der Waals surface area contributed by atoms with Gasteiger partial charge in [-0.15, -0.1) is 0 Å². The molecule has 6 nitrogen and oxygen atoms in total. The van der Waals surface area contributed by atoms with E-state index in [0.717, 1.165) is 4.52 Å². The van der Waals surface area contributed by atoms with Crippen molar-refractivity contribution in [2.45, 2.75) is 15.1 Å². The normalized spacial score (nSPS) is 13.2. The van der Waals surface area contributed by atoms with Crippen LogP contribution in [0.2, 0.25) is 0 Å². The van der Waals surface area contributed by atoms with E-state index in [0.29, 0.717) is 5.69 Å². The largest absolute Gasteiger partial charge is 0.298 e. The van der Waals surface area contributed by atoms with Gasteiger partial charge in [0.1, 0.15) is 6.33 Å². The van der Waals surface area contributed by atoms with Crippen LogP contribution in [0.5, 0.6) is 0 Å². The molecule has 2 rings (SSSR count). The topological polar surface area (TPSA) is 77.2 Å². The van der Waals surface area contributed by atoms with Crippen LogP contribution in [0.4, 0.5) is 0 Å². The highest BCUT2D eigenvalue weighted by Gasteiger charge is 2.41. The average molecular weight is 316 g/mol. The molecule has 17 heavy (non-hydrogen) atoms. The predicted octanol–water partition coefficient (Wildman–Crippen LogP) is 1.53. The van der Waals surface area contributed by atoms with Crippen molar-refractivity contribution in [3.05, 3.63) is 18.1 Å². The summed E-state index contributed by atoms with van der Waals surface area (Å²) < 4.78 is 22.5. The Morgan fingerprint density at radius 2 is 2.00 bits per heavy atom. The zero-order valence-corrected chi connectivity index (χ0v) is 11.4. The van der Waals surface area contributed by atoms with E-state index in [1.807, 2.05) is 0 Å². The molecule has 0 bridgehead atoms. The van der Waals surface area contributed by atoms with Crippen LogP contribution in [0.25, 0.3) is 5.78 Å². The summed E-state index contributed by atoms with van der Waals surface area (Å²) in [5.41, 5.74) is 0.429. The second kappa shape index (κ2) is 3.94. The van der Waals surface area contributed by atoms with Gasteiger partial charge >= 0.3 is 0 Å². The molecule has 10 heteroatoms. The molecule has 2 heterocycles. The predicted molar refractivity (Wildman–Crippen MR) is 63.0 cm³/mol. The maximum Gasteiger partial charge on any atom is 0.298 e. The molecule has 0 unspecified atom stereocenters. The molecule has 0 N–H and O–H groups in total. The summed E-state index contributed by atoms with van der Waals surface area (Å²) in [4.78, 5) is 7.77. The Morgan fingerprint density at radius 3 is 2.59 bits per heavy atom. The Bertz CT molecular complexity index is 676. The van der Waals surface area contributed by atoms with Gasteiger partial charge in [0.25, 0.3) is 8.90 Å². The summed E-state index contributed by atoms with van der Waals surface area (Å²) in [6.45, 7) is 1.60. The molecule has 0 aliphatic carbocycles. The number of sulfone groups is 1. The first-order valence-electron chi connectivity index (χ1n) is 4.22. The van der Waals surface area contributed by atoms with E-state index < -0.39 is 13.0 Å². The molecule has 0 spiro atoms. The lowest BCUT2D eigenvalue weighted by atomic mass is 10.5. The number of hydrogen-bond acceptors (Lipinski definition) is 5. The van der Waals surface area contributed by atoms with E-state index in [4.69, 9.17) is 34.8 Å². The van der Waals surface area contributed by atoms with Gasteiger partial charge in [-0.2, -0.15) is 14.6 Å². The summed E-state index contributed by atoms with van der Waals surface area (Å²) in [5, 5.41) is 3.46. The van der Waals surface area contributed by atoms with Crippen LogP contribution in [0.15, 0.2) is 17.4 Å². The highest BCUT2D eigenvalue weighted by Crippen LogP contribution is 2.37. The molecule has 0 atom stereocenters. The van der Waals surface area contributed by atoms with Crippen LogP contribution in [-0.2, 0) is 9.84 Å². The SMILES string of the molecule is Cc1cc(S(=O)(=O)C(Cl)(Cl)Cl)n2ncnc2n1. The first kappa shape index (κ1) is 12.8. The summed E-state index contributed by atoms with van der Waals surface area (Å²) in [6, 6.07) is 1.26. The lowest BCUT2D eigenvalue weighted by molar-refractivity contribution is 0.586. The number of hydrogen-bond donors (Lipinski definition) is 0. The van der Waals surface area contributed by atoms with Gasteiger partial charge in [-0.25, -0.2) is 13.4 Å². The maximum atomic E-state index is 12.0. The summed E-state index contributed by atoms with van der Waals surface area (Å²) in [7, 11) is -4.18. The highest BCUT2D eigenvalue weighted by atomic mass is 35.6. The standard InChI is InChI=1S/C7H5Cl3N4O2S/c1-4-2-5(17(15,16)7(8,9)10)14-6(13-4)11-3-12-14/h2-3H,1H3. The highest BCUT2D eigenvalue weighted by molar-refractivity contribution is 7.97. The van der Waals surface area contributed by atoms with Crippen LogP contribution in [-0.4, -0.2) is 31.1 Å². The Hall–Kier alpha value is -0.630. The molecule has 0 saturated carbocycles. The quantitative estimate of drug-likeness (QED) is 0.589. The average Bonchev–Trinajstić information content (AvgIpc) is 2.61. The van der Waals surface area contributed by atoms with Crippen LogP contribution >= 0.6 is 34.8 Å². The Balaban J connectivity index is 2.84. The first-order chi connectivity index (χ1) is 7.73. The van der Waals surface area contributed by atoms with E-state index in [2.05, 4.69) is 15.1 Å². The molecule has 0 radical (unpaired) electrons. The third-order valence-corrected chi connectivity index (χ3v) is 5.21. The van der Waals surface area contributed by atoms with Crippen molar-refractivity contribution in [1.29, 1.82) is 0 Å². The van der Waals surface area contributed by atoms with Crippen LogP contribution in [0, 0.1) is 6.92 Å². The molecule has 2 aromatic heterocycles. The van der Waals surface area contributed by atoms with Gasteiger partial charge in [-0.05, 0) is 13.0 Å². The molecular weight excluding hydrogens is 311 g/mol. The zero-order valence-electron chi connectivity index (χ0n) is 8.30. The first-order valence-corrected chi connectivity index (χ1v) is 6.84. The second-order valence-electron chi connectivity index (χ2n) is 3.16. The van der Waals surface area contributed by atoms with Crippen LogP contribution in [0.1, 0.15) is 5.69 Å². The fourth-order valence-electron chi connectivity index (χ4n) is 1.21. The van der Waals surface area contributed by atoms with Gasteiger partial charge in [0.05, 0.1) is 0 Å². The van der Waals surface area contributed by atoms with E-state index in [1.54, 1.807) is 6.92 Å². The number of fused-ring (bicyclic) bond motifs is 1. The fourth-order valence-corrected chi connectivity index (χ4v) is 2.84. The van der Waals surface area contributed by atoms with Crippen molar-refractivity contribution < 1.29 is 8.42 Å². The Kier molecular flexibility index (Phi) is 2.97. The van der Waals surface area contributed by atoms with Gasteiger partial charge < -0.3 is 0 Å². The van der Waals surface area contributed by atoms with Crippen molar-refractivity contribution >= 4 is 50.4 Å². The van der Waals surface area contributed by atoms with Crippen molar-refractivity contribution in [3.8, 4) is 0 Å². The van der Waals surface area contributed by atoms with Crippen molar-refractivity contribution in [3.63, 3.8) is 0 Å². The third-order valence-electron chi connectivity index (χ3n) is 1.93. The molecule has 0 saturated heterocycles. The van der Waals surface area contributed by atoms with Crippen molar-refractivity contribution in [2.75, 3.05) is 0 Å². The van der Waals surface area contributed by atoms with Gasteiger partial charge in [-0.3, -0.25) is 0 Å². The number of aryl methyl sites for hydroxylation is 1. The van der Waals surface area contributed by atoms with Gasteiger partial charge in [0.2, 0.25) is 9.84 Å². The van der Waals surface area contributed by atoms with Gasteiger partial charge in [0, 0.05) is 5.69 Å². The van der Waals surface area contributed by atoms with E-state index >= 15 is 0 Å². The Morgan fingerprint density at radius 1 is 1.35 bits per heavy atom. The van der Waals surface area contributed by atoms with Crippen LogP contribution in [0.3, 0.4) is 0 Å². The number of rotatable bonds is 1. The minimum atomic E-state index is -4.18. The minimum Gasteiger partial charge on any atom is -0.218 e. The molecule has 0 fully saturated rings. The lowest BCUT2D eigenvalue weighted by Crippen LogP contribution is -2.23. The summed E-state index contributed by atoms with van der Waals surface area (Å²) in [6.07, 6.45) is 1.17. The molecular formula is C7H5Cl3N4O2S. The summed E-state index contributed by atoms with van der Waals surface area (Å²) in [5.74, 6) is 0.123. The molecule has 0 aliphatic rings. The van der Waals surface area contributed by atoms with E-state index in [1.165, 1.54) is 12.4 Å². The number of nitrogens with zero attached hydrogens (tertiary/aromatic N) is 4. The molecule has 92 valence electrons. The minimum absolute atomic E-state index is 0.123. The smallest absolute Gasteiger partial charge is 0.218 e. The van der Waals surface area contributed by atoms with Crippen molar-refractivity contribution in [2.24, 2.45) is 0 Å².